The molecule has 232 valence electrons. The van der Waals surface area contributed by atoms with Gasteiger partial charge >= 0.3 is 6.18 Å². The third-order valence-electron chi connectivity index (χ3n) is 6.97. The highest BCUT2D eigenvalue weighted by molar-refractivity contribution is 7.91. The third kappa shape index (κ3) is 7.12. The number of pyridine rings is 1. The lowest BCUT2D eigenvalue weighted by atomic mass is 10.1. The lowest BCUT2D eigenvalue weighted by Gasteiger charge is -2.22. The van der Waals surface area contributed by atoms with Crippen molar-refractivity contribution in [2.45, 2.75) is 69.8 Å². The maximum absolute atomic E-state index is 14.2. The Morgan fingerprint density at radius 1 is 1.19 bits per heavy atom. The Hall–Kier alpha value is -3.02. The molecule has 2 aliphatic rings. The van der Waals surface area contributed by atoms with E-state index >= 15 is 0 Å². The fraction of sp³-hybridized carbons (Fsp3) is 0.583. The van der Waals surface area contributed by atoms with Crippen molar-refractivity contribution in [3.8, 4) is 10.4 Å². The summed E-state index contributed by atoms with van der Waals surface area (Å²) >= 11 is 0.503. The van der Waals surface area contributed by atoms with Gasteiger partial charge in [0.1, 0.15) is 27.4 Å². The van der Waals surface area contributed by atoms with Gasteiger partial charge in [-0.3, -0.25) is 9.59 Å². The van der Waals surface area contributed by atoms with E-state index in [1.807, 2.05) is 5.32 Å². The van der Waals surface area contributed by atoms with Crippen LogP contribution in [-0.2, 0) is 9.84 Å². The molecule has 0 radical (unpaired) electrons. The number of hydrogen-bond donors (Lipinski definition) is 2. The highest BCUT2D eigenvalue weighted by atomic mass is 32.2. The third-order valence-corrected chi connectivity index (χ3v) is 9.78. The molecule has 0 saturated carbocycles. The summed E-state index contributed by atoms with van der Waals surface area (Å²) in [7, 11) is -3.24. The number of thiazole rings is 1. The Kier molecular flexibility index (Phi) is 8.79. The lowest BCUT2D eigenvalue weighted by Crippen LogP contribution is -2.41. The van der Waals surface area contributed by atoms with Crippen LogP contribution in [0, 0.1) is 0 Å². The highest BCUT2D eigenvalue weighted by Crippen LogP contribution is 2.40. The van der Waals surface area contributed by atoms with Crippen molar-refractivity contribution in [1.29, 1.82) is 0 Å². The topological polar surface area (TPSA) is 121 Å². The first kappa shape index (κ1) is 31.9. The zero-order valence-electron chi connectivity index (χ0n) is 22.1. The minimum atomic E-state index is -4.71. The number of halogens is 7. The molecule has 42 heavy (non-hydrogen) atoms. The second-order valence-corrected chi connectivity index (χ2v) is 13.6. The standard InChI is InChI=1S/C24H26F7N5O4S2/c1-11-8-23(27,28)10-36(11)22(38)17-18(41-21(35-17)20(37)34-13-3-5-42(39,40)6-4-13)15-9-32-16(7-14(15)19(25)26)33-12(2)24(29,30)31/h7,9,11-13,19H,3-6,8,10H2,1-2H3,(H,32,33)(H,34,37)/t11-,12-/m0/s1. The van der Waals surface area contributed by atoms with E-state index in [9.17, 15) is 48.7 Å². The van der Waals surface area contributed by atoms with Crippen LogP contribution in [0.15, 0.2) is 12.3 Å². The molecule has 2 saturated heterocycles. The average molecular weight is 646 g/mol. The summed E-state index contributed by atoms with van der Waals surface area (Å²) in [5.74, 6) is -5.97. The maximum Gasteiger partial charge on any atom is 0.408 e. The molecule has 0 unspecified atom stereocenters. The molecule has 0 aromatic carbocycles. The number of carbonyl (C=O) groups excluding carboxylic acids is 2. The Labute approximate surface area is 239 Å². The van der Waals surface area contributed by atoms with Crippen molar-refractivity contribution in [3.63, 3.8) is 0 Å². The molecule has 9 nitrogen and oxygen atoms in total. The van der Waals surface area contributed by atoms with E-state index in [1.54, 1.807) is 0 Å². The van der Waals surface area contributed by atoms with Crippen LogP contribution >= 0.6 is 11.3 Å². The number of aromatic nitrogens is 2. The zero-order chi connectivity index (χ0) is 31.2. The summed E-state index contributed by atoms with van der Waals surface area (Å²) in [4.78, 5) is 34.8. The minimum Gasteiger partial charge on any atom is -0.359 e. The number of sulfone groups is 1. The number of likely N-dealkylation sites (tertiary alicyclic amines) is 1. The molecule has 4 heterocycles. The SMILES string of the molecule is C[C@H](Nc1cc(C(F)F)c(-c2sc(C(=O)NC3CCS(=O)(=O)CC3)nc2C(=O)N2CC(F)(F)C[C@@H]2C)cn1)C(F)(F)F. The Morgan fingerprint density at radius 2 is 1.83 bits per heavy atom. The Balaban J connectivity index is 1.73. The normalized spacial score (nSPS) is 21.4. The number of hydrogen-bond acceptors (Lipinski definition) is 8. The van der Waals surface area contributed by atoms with E-state index in [0.29, 0.717) is 17.4 Å². The molecule has 2 N–H and O–H groups in total. The molecular formula is C24H26F7N5O4S2. The maximum atomic E-state index is 14.2. The van der Waals surface area contributed by atoms with Crippen molar-refractivity contribution in [2.24, 2.45) is 0 Å². The molecule has 0 spiro atoms. The molecule has 2 amide bonds. The fourth-order valence-electron chi connectivity index (χ4n) is 4.67. The van der Waals surface area contributed by atoms with E-state index in [4.69, 9.17) is 0 Å². The number of amides is 2. The van der Waals surface area contributed by atoms with E-state index in [0.717, 1.165) is 18.0 Å². The lowest BCUT2D eigenvalue weighted by molar-refractivity contribution is -0.138. The van der Waals surface area contributed by atoms with Gasteiger partial charge in [-0.2, -0.15) is 13.2 Å². The minimum absolute atomic E-state index is 0.114. The van der Waals surface area contributed by atoms with Crippen LogP contribution in [0.2, 0.25) is 0 Å². The largest absolute Gasteiger partial charge is 0.408 e. The zero-order valence-corrected chi connectivity index (χ0v) is 23.8. The van der Waals surface area contributed by atoms with Gasteiger partial charge in [-0.25, -0.2) is 35.9 Å². The summed E-state index contributed by atoms with van der Waals surface area (Å²) in [6.45, 7) is 1.15. The van der Waals surface area contributed by atoms with Crippen molar-refractivity contribution < 1.29 is 48.7 Å². The second kappa shape index (κ2) is 11.6. The van der Waals surface area contributed by atoms with Gasteiger partial charge in [-0.05, 0) is 32.8 Å². The molecule has 2 aromatic rings. The summed E-state index contributed by atoms with van der Waals surface area (Å²) in [5, 5.41) is 4.20. The van der Waals surface area contributed by atoms with Gasteiger partial charge in [-0.15, -0.1) is 11.3 Å². The van der Waals surface area contributed by atoms with Gasteiger partial charge in [0.05, 0.1) is 22.9 Å². The number of carbonyl (C=O) groups is 2. The second-order valence-electron chi connectivity index (χ2n) is 10.3. The van der Waals surface area contributed by atoms with Crippen LogP contribution in [0.1, 0.15) is 65.4 Å². The summed E-state index contributed by atoms with van der Waals surface area (Å²) in [6, 6.07) is -2.97. The predicted molar refractivity (Wildman–Crippen MR) is 139 cm³/mol. The first-order chi connectivity index (χ1) is 19.4. The fourth-order valence-corrected chi connectivity index (χ4v) is 7.15. The van der Waals surface area contributed by atoms with Crippen LogP contribution < -0.4 is 10.6 Å². The van der Waals surface area contributed by atoms with Crippen LogP contribution in [0.4, 0.5) is 36.6 Å². The van der Waals surface area contributed by atoms with E-state index in [2.05, 4.69) is 15.3 Å². The van der Waals surface area contributed by atoms with Crippen molar-refractivity contribution in [2.75, 3.05) is 23.4 Å². The van der Waals surface area contributed by atoms with Gasteiger partial charge in [0.25, 0.3) is 24.2 Å². The number of anilines is 1. The van der Waals surface area contributed by atoms with Gasteiger partial charge in [0, 0.05) is 35.8 Å². The average Bonchev–Trinajstić information content (AvgIpc) is 3.44. The van der Waals surface area contributed by atoms with Crippen LogP contribution in [0.25, 0.3) is 10.4 Å². The quantitative estimate of drug-likeness (QED) is 0.420. The predicted octanol–water partition coefficient (Wildman–Crippen LogP) is 4.68. The van der Waals surface area contributed by atoms with Crippen molar-refractivity contribution >= 4 is 38.8 Å². The highest BCUT2D eigenvalue weighted by Gasteiger charge is 2.46. The molecule has 2 aromatic heterocycles. The van der Waals surface area contributed by atoms with Gasteiger partial charge in [-0.1, -0.05) is 0 Å². The molecule has 0 bridgehead atoms. The Morgan fingerprint density at radius 3 is 2.38 bits per heavy atom. The smallest absolute Gasteiger partial charge is 0.359 e. The van der Waals surface area contributed by atoms with Crippen LogP contribution in [0.3, 0.4) is 0 Å². The molecule has 4 rings (SSSR count). The first-order valence-electron chi connectivity index (χ1n) is 12.7. The number of nitrogens with zero attached hydrogens (tertiary/aromatic N) is 3. The van der Waals surface area contributed by atoms with E-state index in [-0.39, 0.29) is 34.2 Å². The van der Waals surface area contributed by atoms with Crippen LogP contribution in [0.5, 0.6) is 0 Å². The summed E-state index contributed by atoms with van der Waals surface area (Å²) in [5.41, 5.74) is -1.82. The number of nitrogens with one attached hydrogen (secondary N) is 2. The van der Waals surface area contributed by atoms with Gasteiger partial charge in [0.15, 0.2) is 5.01 Å². The van der Waals surface area contributed by atoms with Crippen LogP contribution in [-0.4, -0.2) is 83.4 Å². The molecule has 2 aliphatic heterocycles. The van der Waals surface area contributed by atoms with Crippen molar-refractivity contribution in [1.82, 2.24) is 20.2 Å². The van der Waals surface area contributed by atoms with Gasteiger partial charge < -0.3 is 15.5 Å². The Bertz CT molecular complexity index is 1450. The van der Waals surface area contributed by atoms with E-state index < -0.39 is 93.9 Å². The monoisotopic (exact) mass is 645 g/mol. The molecular weight excluding hydrogens is 619 g/mol. The number of alkyl halides is 7. The van der Waals surface area contributed by atoms with Gasteiger partial charge in [0.2, 0.25) is 0 Å². The molecule has 2 fully saturated rings. The summed E-state index contributed by atoms with van der Waals surface area (Å²) in [6.07, 6.45) is -7.61. The van der Waals surface area contributed by atoms with E-state index in [1.165, 1.54) is 6.92 Å². The molecule has 2 atom stereocenters. The summed E-state index contributed by atoms with van der Waals surface area (Å²) < 4.78 is 119. The molecule has 0 aliphatic carbocycles. The van der Waals surface area contributed by atoms with Crippen molar-refractivity contribution in [3.05, 3.63) is 28.5 Å². The number of rotatable bonds is 7. The molecule has 18 heteroatoms. The first-order valence-corrected chi connectivity index (χ1v) is 15.3.